The van der Waals surface area contributed by atoms with Gasteiger partial charge in [-0.2, -0.15) is 10.2 Å². The van der Waals surface area contributed by atoms with Crippen molar-refractivity contribution in [1.29, 1.82) is 0 Å². The molecule has 132 valence electrons. The highest BCUT2D eigenvalue weighted by Gasteiger charge is 2.25. The lowest BCUT2D eigenvalue weighted by Gasteiger charge is -2.22. The molecule has 7 nitrogen and oxygen atoms in total. The van der Waals surface area contributed by atoms with E-state index in [0.717, 1.165) is 24.9 Å². The van der Waals surface area contributed by atoms with Gasteiger partial charge in [-0.05, 0) is 43.9 Å². The molecule has 0 saturated heterocycles. The van der Waals surface area contributed by atoms with Crippen LogP contribution in [0.15, 0.2) is 47.4 Å². The third-order valence-corrected chi connectivity index (χ3v) is 4.73. The van der Waals surface area contributed by atoms with E-state index in [2.05, 4.69) is 21.4 Å². The topological polar surface area (TPSA) is 83.9 Å². The summed E-state index contributed by atoms with van der Waals surface area (Å²) >= 11 is 0. The lowest BCUT2D eigenvalue weighted by atomic mass is 10.1. The molecule has 0 unspecified atom stereocenters. The van der Waals surface area contributed by atoms with E-state index in [9.17, 15) is 9.59 Å². The van der Waals surface area contributed by atoms with Gasteiger partial charge in [-0.3, -0.25) is 9.59 Å². The van der Waals surface area contributed by atoms with E-state index < -0.39 is 0 Å². The summed E-state index contributed by atoms with van der Waals surface area (Å²) in [6.45, 7) is 2.52. The number of para-hydroxylation sites is 1. The number of carbonyl (C=O) groups is 1. The van der Waals surface area contributed by atoms with Crippen LogP contribution < -0.4 is 10.5 Å². The molecule has 0 radical (unpaired) electrons. The van der Waals surface area contributed by atoms with Crippen molar-refractivity contribution in [2.45, 2.75) is 26.2 Å². The number of H-pyrrole nitrogens is 1. The van der Waals surface area contributed by atoms with Crippen LogP contribution in [0.3, 0.4) is 0 Å². The van der Waals surface area contributed by atoms with Crippen molar-refractivity contribution in [1.82, 2.24) is 20.0 Å². The van der Waals surface area contributed by atoms with Crippen LogP contribution in [0.4, 0.5) is 5.69 Å². The summed E-state index contributed by atoms with van der Waals surface area (Å²) in [4.78, 5) is 26.3. The van der Waals surface area contributed by atoms with Gasteiger partial charge in [-0.25, -0.2) is 9.78 Å². The molecule has 1 aliphatic heterocycles. The average Bonchev–Trinajstić information content (AvgIpc) is 2.91. The fraction of sp³-hybridized carbons (Fsp3) is 0.263. The van der Waals surface area contributed by atoms with Gasteiger partial charge in [0.1, 0.15) is 0 Å². The summed E-state index contributed by atoms with van der Waals surface area (Å²) in [5.41, 5.74) is 3.12. The number of benzene rings is 1. The first kappa shape index (κ1) is 16.3. The number of aromatic nitrogens is 4. The second kappa shape index (κ2) is 6.59. The largest absolute Gasteiger partial charge is 0.308 e. The molecule has 7 heteroatoms. The third-order valence-electron chi connectivity index (χ3n) is 4.73. The van der Waals surface area contributed by atoms with Gasteiger partial charge >= 0.3 is 0 Å². The second-order valence-electron chi connectivity index (χ2n) is 6.38. The van der Waals surface area contributed by atoms with E-state index in [-0.39, 0.29) is 11.5 Å². The smallest absolute Gasteiger partial charge is 0.264 e. The lowest BCUT2D eigenvalue weighted by Crippen LogP contribution is -2.32. The van der Waals surface area contributed by atoms with Crippen LogP contribution in [0, 0.1) is 6.92 Å². The van der Waals surface area contributed by atoms with Crippen molar-refractivity contribution in [3.63, 3.8) is 0 Å². The fourth-order valence-electron chi connectivity index (χ4n) is 3.35. The van der Waals surface area contributed by atoms with Crippen molar-refractivity contribution < 1.29 is 4.79 Å². The molecule has 0 saturated carbocycles. The van der Waals surface area contributed by atoms with Gasteiger partial charge in [-0.15, -0.1) is 0 Å². The Kier molecular flexibility index (Phi) is 4.12. The molecule has 3 heterocycles. The average molecular weight is 349 g/mol. The summed E-state index contributed by atoms with van der Waals surface area (Å²) in [6.07, 6.45) is 4.59. The predicted octanol–water partition coefficient (Wildman–Crippen LogP) is 2.25. The number of amides is 1. The zero-order valence-electron chi connectivity index (χ0n) is 14.5. The standard InChI is InChI=1S/C19H19N5O2/c1-13-15(12-20-24(13)17-9-10-18(25)22-21-17)19(26)23-11-5-4-7-14-6-2-3-8-16(14)23/h2-3,6,8-10,12H,4-5,7,11H2,1H3,(H,22,25). The molecule has 0 bridgehead atoms. The first-order chi connectivity index (χ1) is 12.6. The summed E-state index contributed by atoms with van der Waals surface area (Å²) in [7, 11) is 0. The van der Waals surface area contributed by atoms with Crippen LogP contribution in [0.25, 0.3) is 5.82 Å². The minimum Gasteiger partial charge on any atom is -0.308 e. The molecular formula is C19H19N5O2. The predicted molar refractivity (Wildman–Crippen MR) is 97.8 cm³/mol. The molecule has 1 aliphatic rings. The Labute approximate surface area is 150 Å². The highest BCUT2D eigenvalue weighted by atomic mass is 16.2. The summed E-state index contributed by atoms with van der Waals surface area (Å²) < 4.78 is 1.56. The Morgan fingerprint density at radius 3 is 2.81 bits per heavy atom. The van der Waals surface area contributed by atoms with Crippen LogP contribution in [0.5, 0.6) is 0 Å². The SMILES string of the molecule is Cc1c(C(=O)N2CCCCc3ccccc32)cnn1-c1ccc(=O)[nH]n1. The van der Waals surface area contributed by atoms with Crippen LogP contribution >= 0.6 is 0 Å². The monoisotopic (exact) mass is 349 g/mol. The Hall–Kier alpha value is -3.22. The van der Waals surface area contributed by atoms with Gasteiger partial charge in [-0.1, -0.05) is 18.2 Å². The number of aryl methyl sites for hydroxylation is 1. The van der Waals surface area contributed by atoms with E-state index in [4.69, 9.17) is 0 Å². The molecule has 3 aromatic rings. The third kappa shape index (κ3) is 2.81. The number of fused-ring (bicyclic) bond motifs is 1. The molecule has 0 fully saturated rings. The number of carbonyl (C=O) groups excluding carboxylic acids is 1. The molecule has 0 atom stereocenters. The highest BCUT2D eigenvalue weighted by molar-refractivity contribution is 6.07. The number of nitrogens with one attached hydrogen (secondary N) is 1. The first-order valence-corrected chi connectivity index (χ1v) is 8.65. The summed E-state index contributed by atoms with van der Waals surface area (Å²) in [5.74, 6) is 0.407. The maximum Gasteiger partial charge on any atom is 0.264 e. The van der Waals surface area contributed by atoms with Crippen LogP contribution in [-0.2, 0) is 6.42 Å². The lowest BCUT2D eigenvalue weighted by molar-refractivity contribution is 0.0986. The van der Waals surface area contributed by atoms with Gasteiger partial charge in [0.25, 0.3) is 11.5 Å². The number of anilines is 1. The number of nitrogens with zero attached hydrogens (tertiary/aromatic N) is 4. The molecular weight excluding hydrogens is 330 g/mol. The zero-order chi connectivity index (χ0) is 18.1. The minimum absolute atomic E-state index is 0.0625. The molecule has 2 aromatic heterocycles. The van der Waals surface area contributed by atoms with E-state index in [1.54, 1.807) is 16.9 Å². The fourth-order valence-corrected chi connectivity index (χ4v) is 3.35. The van der Waals surface area contributed by atoms with Crippen molar-refractivity contribution >= 4 is 11.6 Å². The summed E-state index contributed by atoms with van der Waals surface area (Å²) in [6, 6.07) is 11.0. The van der Waals surface area contributed by atoms with Crippen LogP contribution in [0.2, 0.25) is 0 Å². The molecule has 26 heavy (non-hydrogen) atoms. The number of hydrogen-bond acceptors (Lipinski definition) is 4. The number of aromatic amines is 1. The maximum atomic E-state index is 13.2. The van der Waals surface area contributed by atoms with E-state index >= 15 is 0 Å². The van der Waals surface area contributed by atoms with E-state index in [1.807, 2.05) is 30.0 Å². The van der Waals surface area contributed by atoms with Crippen molar-refractivity contribution in [3.05, 3.63) is 69.8 Å². The van der Waals surface area contributed by atoms with E-state index in [0.29, 0.717) is 23.6 Å². The Morgan fingerprint density at radius 1 is 1.15 bits per heavy atom. The van der Waals surface area contributed by atoms with Gasteiger partial charge in [0.2, 0.25) is 0 Å². The highest BCUT2D eigenvalue weighted by Crippen LogP contribution is 2.28. The Balaban J connectivity index is 1.71. The quantitative estimate of drug-likeness (QED) is 0.769. The second-order valence-corrected chi connectivity index (χ2v) is 6.38. The minimum atomic E-state index is -0.281. The molecule has 1 amide bonds. The van der Waals surface area contributed by atoms with Gasteiger partial charge in [0.05, 0.1) is 17.5 Å². The first-order valence-electron chi connectivity index (χ1n) is 8.65. The Morgan fingerprint density at radius 2 is 2.00 bits per heavy atom. The van der Waals surface area contributed by atoms with Crippen LogP contribution in [-0.4, -0.2) is 32.4 Å². The van der Waals surface area contributed by atoms with E-state index in [1.165, 1.54) is 11.6 Å². The normalized spacial score (nSPS) is 14.0. The zero-order valence-corrected chi connectivity index (χ0v) is 14.5. The molecule has 1 aromatic carbocycles. The van der Waals surface area contributed by atoms with Crippen molar-refractivity contribution in [2.24, 2.45) is 0 Å². The number of rotatable bonds is 2. The molecule has 0 aliphatic carbocycles. The van der Waals surface area contributed by atoms with Gasteiger partial charge in [0.15, 0.2) is 5.82 Å². The van der Waals surface area contributed by atoms with Crippen molar-refractivity contribution in [2.75, 3.05) is 11.4 Å². The molecule has 0 spiro atoms. The molecule has 1 N–H and O–H groups in total. The van der Waals surface area contributed by atoms with Gasteiger partial charge in [0, 0.05) is 18.3 Å². The maximum absolute atomic E-state index is 13.2. The summed E-state index contributed by atoms with van der Waals surface area (Å²) in [5, 5.41) is 10.7. The Bertz CT molecular complexity index is 1000. The number of hydrogen-bond donors (Lipinski definition) is 1. The van der Waals surface area contributed by atoms with Gasteiger partial charge < -0.3 is 4.90 Å². The van der Waals surface area contributed by atoms with Crippen molar-refractivity contribution in [3.8, 4) is 5.82 Å². The van der Waals surface area contributed by atoms with Crippen LogP contribution in [0.1, 0.15) is 34.5 Å². The molecule has 4 rings (SSSR count).